The number of fused-ring (bicyclic) bond motifs is 5. The summed E-state index contributed by atoms with van der Waals surface area (Å²) in [5, 5.41) is 20.3. The molecule has 2 fully saturated rings. The Bertz CT molecular complexity index is 670. The third-order valence-electron chi connectivity index (χ3n) is 7.22. The molecule has 6 atom stereocenters. The van der Waals surface area contributed by atoms with Gasteiger partial charge in [-0.1, -0.05) is 13.0 Å². The first-order valence-corrected chi connectivity index (χ1v) is 9.03. The molecule has 0 radical (unpaired) electrons. The van der Waals surface area contributed by atoms with Gasteiger partial charge >= 0.3 is 5.97 Å². The highest BCUT2D eigenvalue weighted by Gasteiger charge is 2.60. The lowest BCUT2D eigenvalue weighted by molar-refractivity contribution is -0.145. The second-order valence-electron chi connectivity index (χ2n) is 8.14. The van der Waals surface area contributed by atoms with Gasteiger partial charge in [-0.2, -0.15) is 0 Å². The van der Waals surface area contributed by atoms with Gasteiger partial charge in [0.1, 0.15) is 5.75 Å². The minimum atomic E-state index is -0.732. The summed E-state index contributed by atoms with van der Waals surface area (Å²) in [4.78, 5) is 11.8. The Hall–Kier alpha value is -1.55. The van der Waals surface area contributed by atoms with Crippen molar-refractivity contribution in [3.05, 3.63) is 29.3 Å². The lowest BCUT2D eigenvalue weighted by atomic mass is 9.54. The van der Waals surface area contributed by atoms with Crippen LogP contribution < -0.4 is 4.74 Å². The number of aliphatic hydroxyl groups is 1. The Kier molecular flexibility index (Phi) is 3.64. The van der Waals surface area contributed by atoms with E-state index in [0.29, 0.717) is 18.3 Å². The Labute approximate surface area is 142 Å². The molecule has 0 saturated heterocycles. The lowest BCUT2D eigenvalue weighted by Crippen LogP contribution is -2.46. The number of carboxylic acid groups (broad SMARTS) is 1. The average Bonchev–Trinajstić information content (AvgIpc) is 2.86. The fraction of sp³-hybridized carbons (Fsp3) is 0.650. The van der Waals surface area contributed by atoms with E-state index in [9.17, 15) is 15.0 Å². The number of hydrogen-bond acceptors (Lipinski definition) is 3. The summed E-state index contributed by atoms with van der Waals surface area (Å²) in [5.74, 6) is 0.626. The Morgan fingerprint density at radius 1 is 1.33 bits per heavy atom. The normalized spacial score (nSPS) is 40.4. The summed E-state index contributed by atoms with van der Waals surface area (Å²) in [5.41, 5.74) is 2.48. The van der Waals surface area contributed by atoms with E-state index in [1.165, 1.54) is 11.1 Å². The Balaban J connectivity index is 1.73. The van der Waals surface area contributed by atoms with Gasteiger partial charge in [-0.05, 0) is 78.5 Å². The van der Waals surface area contributed by atoms with Crippen LogP contribution in [0, 0.1) is 23.2 Å². The number of hydrogen-bond donors (Lipinski definition) is 2. The van der Waals surface area contributed by atoms with Crippen molar-refractivity contribution in [3.8, 4) is 5.75 Å². The molecular formula is C20H26O4. The molecule has 2 N–H and O–H groups in total. The summed E-state index contributed by atoms with van der Waals surface area (Å²) in [6.45, 7) is 2.12. The van der Waals surface area contributed by atoms with E-state index in [1.807, 2.05) is 6.07 Å². The maximum Gasteiger partial charge on any atom is 0.306 e. The first-order chi connectivity index (χ1) is 11.5. The van der Waals surface area contributed by atoms with Crippen LogP contribution in [0.15, 0.2) is 18.2 Å². The number of carbonyl (C=O) groups is 1. The molecule has 0 aliphatic heterocycles. The van der Waals surface area contributed by atoms with Gasteiger partial charge in [0.25, 0.3) is 0 Å². The average molecular weight is 330 g/mol. The molecule has 1 aromatic rings. The maximum absolute atomic E-state index is 11.8. The number of ether oxygens (including phenoxy) is 1. The van der Waals surface area contributed by atoms with Crippen molar-refractivity contribution in [3.63, 3.8) is 0 Å². The largest absolute Gasteiger partial charge is 0.497 e. The predicted molar refractivity (Wildman–Crippen MR) is 90.1 cm³/mol. The first-order valence-electron chi connectivity index (χ1n) is 9.03. The third-order valence-corrected chi connectivity index (χ3v) is 7.22. The summed E-state index contributed by atoms with van der Waals surface area (Å²) < 4.78 is 5.35. The second kappa shape index (κ2) is 5.48. The molecule has 3 aliphatic carbocycles. The third kappa shape index (κ3) is 2.12. The number of benzene rings is 1. The topological polar surface area (TPSA) is 66.8 Å². The quantitative estimate of drug-likeness (QED) is 0.874. The standard InChI is InChI=1S/C20H26O4/c1-20-8-7-14-13-6-4-12(24-2)9-11(13)3-5-15(14)18(20)16(19(22)23)10-17(20)21/h4,6,9,14-18,21H,3,5,7-8,10H2,1-2H3,(H,22,23)/t14?,15?,16-,17-,18?,20+/m0/s1. The Morgan fingerprint density at radius 3 is 2.83 bits per heavy atom. The van der Waals surface area contributed by atoms with E-state index in [2.05, 4.69) is 19.1 Å². The first kappa shape index (κ1) is 15.9. The molecule has 3 unspecified atom stereocenters. The van der Waals surface area contributed by atoms with Crippen molar-refractivity contribution in [2.45, 2.75) is 51.0 Å². The molecule has 3 aliphatic rings. The minimum Gasteiger partial charge on any atom is -0.497 e. The Morgan fingerprint density at radius 2 is 2.12 bits per heavy atom. The molecule has 4 rings (SSSR count). The van der Waals surface area contributed by atoms with Gasteiger partial charge in [0.05, 0.1) is 19.1 Å². The van der Waals surface area contributed by atoms with Crippen molar-refractivity contribution in [2.24, 2.45) is 23.2 Å². The molecule has 1 aromatic carbocycles. The van der Waals surface area contributed by atoms with Gasteiger partial charge in [-0.3, -0.25) is 4.79 Å². The maximum atomic E-state index is 11.8. The molecule has 0 bridgehead atoms. The highest BCUT2D eigenvalue weighted by Crippen LogP contribution is 2.62. The van der Waals surface area contributed by atoms with Gasteiger partial charge in [-0.25, -0.2) is 0 Å². The zero-order valence-corrected chi connectivity index (χ0v) is 14.4. The van der Waals surface area contributed by atoms with Crippen LogP contribution in [0.2, 0.25) is 0 Å². The molecule has 0 amide bonds. The van der Waals surface area contributed by atoms with Crippen LogP contribution in [-0.2, 0) is 11.2 Å². The smallest absolute Gasteiger partial charge is 0.306 e. The zero-order chi connectivity index (χ0) is 17.1. The number of carboxylic acids is 1. The molecule has 24 heavy (non-hydrogen) atoms. The highest BCUT2D eigenvalue weighted by atomic mass is 16.5. The minimum absolute atomic E-state index is 0.0824. The number of methoxy groups -OCH3 is 1. The summed E-state index contributed by atoms with van der Waals surface area (Å²) in [6, 6.07) is 6.33. The van der Waals surface area contributed by atoms with E-state index < -0.39 is 18.0 Å². The molecule has 130 valence electrons. The molecule has 4 nitrogen and oxygen atoms in total. The van der Waals surface area contributed by atoms with Crippen molar-refractivity contribution < 1.29 is 19.7 Å². The van der Waals surface area contributed by atoms with Crippen LogP contribution in [0.4, 0.5) is 0 Å². The van der Waals surface area contributed by atoms with Crippen LogP contribution in [0.5, 0.6) is 5.75 Å². The molecule has 0 aromatic heterocycles. The second-order valence-corrected chi connectivity index (χ2v) is 8.14. The summed E-state index contributed by atoms with van der Waals surface area (Å²) in [7, 11) is 1.69. The van der Waals surface area contributed by atoms with Crippen LogP contribution in [0.1, 0.15) is 49.7 Å². The van der Waals surface area contributed by atoms with Crippen LogP contribution in [-0.4, -0.2) is 29.4 Å². The monoisotopic (exact) mass is 330 g/mol. The molecule has 4 heteroatoms. The zero-order valence-electron chi connectivity index (χ0n) is 14.4. The fourth-order valence-electron chi connectivity index (χ4n) is 6.02. The van der Waals surface area contributed by atoms with E-state index in [0.717, 1.165) is 31.4 Å². The lowest BCUT2D eigenvalue weighted by Gasteiger charge is -2.50. The van der Waals surface area contributed by atoms with Crippen molar-refractivity contribution >= 4 is 5.97 Å². The van der Waals surface area contributed by atoms with Gasteiger partial charge in [0.2, 0.25) is 0 Å². The SMILES string of the molecule is COc1ccc2c(c1)CCC1C2CC[C@@]2(C)C1[C@@H](C(=O)O)C[C@@H]2O. The molecule has 0 heterocycles. The molecule has 2 saturated carbocycles. The van der Waals surface area contributed by atoms with Gasteiger partial charge in [0.15, 0.2) is 0 Å². The van der Waals surface area contributed by atoms with Crippen LogP contribution in [0.3, 0.4) is 0 Å². The number of aliphatic hydroxyl groups excluding tert-OH is 1. The van der Waals surface area contributed by atoms with Gasteiger partial charge in [0, 0.05) is 0 Å². The highest BCUT2D eigenvalue weighted by molar-refractivity contribution is 5.71. The van der Waals surface area contributed by atoms with E-state index >= 15 is 0 Å². The van der Waals surface area contributed by atoms with E-state index in [-0.39, 0.29) is 11.3 Å². The molecule has 0 spiro atoms. The van der Waals surface area contributed by atoms with Gasteiger partial charge in [-0.15, -0.1) is 0 Å². The van der Waals surface area contributed by atoms with Crippen LogP contribution >= 0.6 is 0 Å². The molecular weight excluding hydrogens is 304 g/mol. The number of aliphatic carboxylic acids is 1. The predicted octanol–water partition coefficient (Wildman–Crippen LogP) is 3.22. The fourth-order valence-corrected chi connectivity index (χ4v) is 6.02. The van der Waals surface area contributed by atoms with E-state index in [1.54, 1.807) is 7.11 Å². The van der Waals surface area contributed by atoms with Crippen molar-refractivity contribution in [1.82, 2.24) is 0 Å². The number of rotatable bonds is 2. The number of aryl methyl sites for hydroxylation is 1. The van der Waals surface area contributed by atoms with Crippen molar-refractivity contribution in [2.75, 3.05) is 7.11 Å². The van der Waals surface area contributed by atoms with Gasteiger partial charge < -0.3 is 14.9 Å². The van der Waals surface area contributed by atoms with Crippen LogP contribution in [0.25, 0.3) is 0 Å². The summed E-state index contributed by atoms with van der Waals surface area (Å²) in [6.07, 6.45) is 3.87. The van der Waals surface area contributed by atoms with Crippen molar-refractivity contribution in [1.29, 1.82) is 0 Å². The van der Waals surface area contributed by atoms with E-state index in [4.69, 9.17) is 4.74 Å². The summed E-state index contributed by atoms with van der Waals surface area (Å²) >= 11 is 0.